The maximum atomic E-state index is 11.9. The average molecular weight is 403 g/mol. The van der Waals surface area contributed by atoms with Crippen LogP contribution >= 0.6 is 0 Å². The van der Waals surface area contributed by atoms with Crippen molar-refractivity contribution < 1.29 is 24.8 Å². The number of unbranched alkanes of at least 4 members (excludes halogenated alkanes) is 12. The van der Waals surface area contributed by atoms with E-state index in [4.69, 9.17) is 5.48 Å². The molecule has 4 nitrogen and oxygen atoms in total. The second-order valence-electron chi connectivity index (χ2n) is 7.43. The van der Waals surface area contributed by atoms with Gasteiger partial charge in [0, 0.05) is 5.48 Å². The molecule has 0 aromatic rings. The molecule has 28 heavy (non-hydrogen) atoms. The zero-order chi connectivity index (χ0) is 24.2. The van der Waals surface area contributed by atoms with Gasteiger partial charge >= 0.3 is 11.9 Å². The summed E-state index contributed by atoms with van der Waals surface area (Å²) in [5.41, 5.74) is 0. The standard InChI is InChI=1S/C24H46O4/c1-3-5-7-9-11-13-15-17-19-21-23(25)27-28-24(26)22-20-18-16-14-12-10-8-6-4-2/h3-22H2,1-2H3/i19D,20D,21D,22D/t19-,20+,21+,22-. The summed E-state index contributed by atoms with van der Waals surface area (Å²) in [6, 6.07) is 0. The predicted octanol–water partition coefficient (Wildman–Crippen LogP) is 7.83. The van der Waals surface area contributed by atoms with Crippen molar-refractivity contribution >= 4 is 11.9 Å². The molecule has 0 aromatic heterocycles. The fourth-order valence-corrected chi connectivity index (χ4v) is 2.94. The Kier molecular flexibility index (Phi) is 16.1. The monoisotopic (exact) mass is 402 g/mol. The van der Waals surface area contributed by atoms with E-state index >= 15 is 0 Å². The number of hydrogen-bond acceptors (Lipinski definition) is 4. The van der Waals surface area contributed by atoms with Crippen molar-refractivity contribution in [1.82, 2.24) is 0 Å². The van der Waals surface area contributed by atoms with Gasteiger partial charge in [0.1, 0.15) is 0 Å². The summed E-state index contributed by atoms with van der Waals surface area (Å²) < 4.78 is 31.5. The van der Waals surface area contributed by atoms with Gasteiger partial charge in [-0.15, -0.1) is 0 Å². The van der Waals surface area contributed by atoms with Crippen molar-refractivity contribution in [2.24, 2.45) is 0 Å². The van der Waals surface area contributed by atoms with Gasteiger partial charge in [-0.25, -0.2) is 19.4 Å². The van der Waals surface area contributed by atoms with Crippen LogP contribution in [0.4, 0.5) is 0 Å². The molecule has 0 saturated carbocycles. The highest BCUT2D eigenvalue weighted by Crippen LogP contribution is 2.12. The predicted molar refractivity (Wildman–Crippen MR) is 116 cm³/mol. The minimum atomic E-state index is -1.45. The van der Waals surface area contributed by atoms with E-state index in [-0.39, 0.29) is 0 Å². The number of rotatable bonds is 20. The zero-order valence-electron chi connectivity index (χ0n) is 22.3. The molecule has 0 amide bonds. The smallest absolute Gasteiger partial charge is 0.247 e. The number of carbonyl (C=O) groups excluding carboxylic acids is 2. The third kappa shape index (κ3) is 21.2. The second-order valence-corrected chi connectivity index (χ2v) is 7.43. The fourth-order valence-electron chi connectivity index (χ4n) is 2.94. The van der Waals surface area contributed by atoms with Crippen LogP contribution in [0.15, 0.2) is 0 Å². The number of hydrogen-bond donors (Lipinski definition) is 0. The van der Waals surface area contributed by atoms with Crippen molar-refractivity contribution in [3.05, 3.63) is 0 Å². The van der Waals surface area contributed by atoms with Crippen LogP contribution in [-0.4, -0.2) is 11.9 Å². The lowest BCUT2D eigenvalue weighted by molar-refractivity contribution is -0.259. The summed E-state index contributed by atoms with van der Waals surface area (Å²) in [5.74, 6) is -2.19. The maximum absolute atomic E-state index is 11.9. The minimum absolute atomic E-state index is 0.416. The molecule has 0 rings (SSSR count). The van der Waals surface area contributed by atoms with E-state index in [1.165, 1.54) is 51.4 Å². The van der Waals surface area contributed by atoms with Crippen LogP contribution in [0.5, 0.6) is 0 Å². The molecule has 4 heteroatoms. The molecular weight excluding hydrogens is 352 g/mol. The van der Waals surface area contributed by atoms with Gasteiger partial charge in [0.25, 0.3) is 0 Å². The second kappa shape index (κ2) is 22.2. The van der Waals surface area contributed by atoms with E-state index in [2.05, 4.69) is 23.6 Å². The molecule has 0 aliphatic carbocycles. The molecule has 0 heterocycles. The van der Waals surface area contributed by atoms with Crippen LogP contribution in [0.3, 0.4) is 0 Å². The molecule has 0 radical (unpaired) electrons. The Morgan fingerprint density at radius 3 is 1.14 bits per heavy atom. The van der Waals surface area contributed by atoms with Crippen molar-refractivity contribution in [3.63, 3.8) is 0 Å². The molecule has 0 fully saturated rings. The van der Waals surface area contributed by atoms with Crippen molar-refractivity contribution in [2.75, 3.05) is 0 Å². The summed E-state index contributed by atoms with van der Waals surface area (Å²) in [4.78, 5) is 32.6. The van der Waals surface area contributed by atoms with Gasteiger partial charge in [-0.2, -0.15) is 0 Å². The molecule has 0 saturated heterocycles. The molecule has 0 aromatic carbocycles. The highest BCUT2D eigenvalue weighted by atomic mass is 17.2. The Bertz CT molecular complexity index is 437. The highest BCUT2D eigenvalue weighted by molar-refractivity contribution is 5.72. The number of carbonyl (C=O) groups is 2. The van der Waals surface area contributed by atoms with Gasteiger partial charge in [-0.05, 0) is 12.8 Å². The lowest BCUT2D eigenvalue weighted by atomic mass is 10.1. The molecule has 0 N–H and O–H groups in total. The van der Waals surface area contributed by atoms with Crippen LogP contribution in [-0.2, 0) is 19.4 Å². The van der Waals surface area contributed by atoms with E-state index in [9.17, 15) is 9.59 Å². The Morgan fingerprint density at radius 2 is 0.821 bits per heavy atom. The third-order valence-electron chi connectivity index (χ3n) is 4.66. The van der Waals surface area contributed by atoms with Crippen LogP contribution in [0, 0.1) is 0 Å². The van der Waals surface area contributed by atoms with Crippen LogP contribution in [0.25, 0.3) is 0 Å². The van der Waals surface area contributed by atoms with Crippen molar-refractivity contribution in [2.45, 2.75) is 142 Å². The SMILES string of the molecule is [2H][C@H](CCCCCCCCC)[C@H]([2H])C(=O)OOC(=O)[C@H]([2H])[C@@H]([2H])CCCCCCCCC. The van der Waals surface area contributed by atoms with Crippen molar-refractivity contribution in [1.29, 1.82) is 0 Å². The van der Waals surface area contributed by atoms with Crippen LogP contribution in [0.2, 0.25) is 0 Å². The topological polar surface area (TPSA) is 52.6 Å². The van der Waals surface area contributed by atoms with E-state index in [0.29, 0.717) is 12.8 Å². The van der Waals surface area contributed by atoms with Crippen LogP contribution in [0.1, 0.15) is 148 Å². The quantitative estimate of drug-likeness (QED) is 0.118. The molecule has 0 aliphatic heterocycles. The summed E-state index contributed by atoms with van der Waals surface area (Å²) in [7, 11) is 0. The minimum Gasteiger partial charge on any atom is -0.247 e. The summed E-state index contributed by atoms with van der Waals surface area (Å²) in [6.45, 7) is 4.34. The first-order valence-electron chi connectivity index (χ1n) is 13.8. The first kappa shape index (κ1) is 20.2. The normalized spacial score (nSPS) is 17.4. The lowest BCUT2D eigenvalue weighted by Gasteiger charge is -2.04. The Balaban J connectivity index is 3.98. The van der Waals surface area contributed by atoms with E-state index in [0.717, 1.165) is 38.5 Å². The van der Waals surface area contributed by atoms with Gasteiger partial charge in [0.15, 0.2) is 0 Å². The summed E-state index contributed by atoms with van der Waals surface area (Å²) in [6.07, 6.45) is 11.4. The average Bonchev–Trinajstić information content (AvgIpc) is 2.79. The Morgan fingerprint density at radius 1 is 0.536 bits per heavy atom. The molecule has 166 valence electrons. The maximum Gasteiger partial charge on any atom is 0.355 e. The Hall–Kier alpha value is -1.06. The fraction of sp³-hybridized carbons (Fsp3) is 0.917. The Labute approximate surface area is 179 Å². The van der Waals surface area contributed by atoms with Gasteiger partial charge < -0.3 is 0 Å². The largest absolute Gasteiger partial charge is 0.355 e. The molecule has 0 spiro atoms. The zero-order valence-corrected chi connectivity index (χ0v) is 18.3. The van der Waals surface area contributed by atoms with Crippen LogP contribution < -0.4 is 0 Å². The molecule has 4 atom stereocenters. The molecule has 0 unspecified atom stereocenters. The lowest BCUT2D eigenvalue weighted by Crippen LogP contribution is -2.11. The molecule has 0 aliphatic rings. The van der Waals surface area contributed by atoms with E-state index in [1.807, 2.05) is 0 Å². The molecular formula is C24H46O4. The van der Waals surface area contributed by atoms with E-state index in [1.54, 1.807) is 0 Å². The van der Waals surface area contributed by atoms with E-state index < -0.39 is 37.5 Å². The first-order chi connectivity index (χ1) is 15.3. The summed E-state index contributed by atoms with van der Waals surface area (Å²) >= 11 is 0. The van der Waals surface area contributed by atoms with Gasteiger partial charge in [-0.1, -0.05) is 117 Å². The van der Waals surface area contributed by atoms with Gasteiger partial charge in [0.2, 0.25) is 0 Å². The summed E-state index contributed by atoms with van der Waals surface area (Å²) in [5, 5.41) is 0. The van der Waals surface area contributed by atoms with Gasteiger partial charge in [0.05, 0.1) is 12.8 Å². The highest BCUT2D eigenvalue weighted by Gasteiger charge is 2.09. The molecule has 0 bridgehead atoms. The van der Waals surface area contributed by atoms with Gasteiger partial charge in [-0.3, -0.25) is 0 Å². The first-order valence-corrected chi connectivity index (χ1v) is 11.5. The third-order valence-corrected chi connectivity index (χ3v) is 4.66. The van der Waals surface area contributed by atoms with Crippen molar-refractivity contribution in [3.8, 4) is 0 Å².